The van der Waals surface area contributed by atoms with Gasteiger partial charge in [-0.15, -0.1) is 0 Å². The van der Waals surface area contributed by atoms with Gasteiger partial charge in [0.05, 0.1) is 12.6 Å². The van der Waals surface area contributed by atoms with Crippen LogP contribution in [0.15, 0.2) is 18.2 Å². The molecule has 5 nitrogen and oxygen atoms in total. The molecule has 0 aliphatic rings. The second-order valence-corrected chi connectivity index (χ2v) is 3.99. The maximum atomic E-state index is 11.8. The van der Waals surface area contributed by atoms with E-state index in [9.17, 15) is 4.79 Å². The number of fused-ring (bicyclic) bond motifs is 1. The molecule has 2 aromatic rings. The number of hydrogen-bond acceptors (Lipinski definition) is 3. The highest BCUT2D eigenvalue weighted by Gasteiger charge is 2.17. The molecule has 0 unspecified atom stereocenters. The summed E-state index contributed by atoms with van der Waals surface area (Å²) in [5.41, 5.74) is 1.22. The molecule has 0 saturated heterocycles. The summed E-state index contributed by atoms with van der Waals surface area (Å²) in [5.74, 6) is 1.37. The van der Waals surface area contributed by atoms with Crippen LogP contribution < -0.4 is 10.1 Å². The minimum Gasteiger partial charge on any atom is -0.482 e. The second-order valence-electron chi connectivity index (χ2n) is 3.99. The van der Waals surface area contributed by atoms with Gasteiger partial charge >= 0.3 is 0 Å². The molecule has 2 aromatic heterocycles. The van der Waals surface area contributed by atoms with Gasteiger partial charge in [0.15, 0.2) is 11.6 Å². The lowest BCUT2D eigenvalue weighted by atomic mass is 10.3. The van der Waals surface area contributed by atoms with Crippen molar-refractivity contribution in [2.24, 2.45) is 0 Å². The molecule has 1 amide bonds. The van der Waals surface area contributed by atoms with Crippen LogP contribution in [0.3, 0.4) is 0 Å². The van der Waals surface area contributed by atoms with Crippen LogP contribution >= 0.6 is 0 Å². The highest BCUT2D eigenvalue weighted by molar-refractivity contribution is 5.99. The number of ether oxygens (including phenoxy) is 1. The van der Waals surface area contributed by atoms with Gasteiger partial charge in [-0.3, -0.25) is 9.20 Å². The highest BCUT2D eigenvalue weighted by atomic mass is 16.5. The summed E-state index contributed by atoms with van der Waals surface area (Å²) in [5, 5.41) is 2.61. The van der Waals surface area contributed by atoms with Crippen molar-refractivity contribution >= 4 is 11.4 Å². The molecule has 0 saturated carbocycles. The lowest BCUT2D eigenvalue weighted by molar-refractivity contribution is 0.0960. The fourth-order valence-electron chi connectivity index (χ4n) is 2.01. The Balaban J connectivity index is 2.71. The Morgan fingerprint density at radius 2 is 2.28 bits per heavy atom. The number of methoxy groups -OCH3 is 1. The number of nitrogens with zero attached hydrogens (tertiary/aromatic N) is 2. The van der Waals surface area contributed by atoms with Crippen molar-refractivity contribution in [3.8, 4) is 5.88 Å². The predicted molar refractivity (Wildman–Crippen MR) is 69.1 cm³/mol. The average Bonchev–Trinajstić information content (AvgIpc) is 2.77. The van der Waals surface area contributed by atoms with Gasteiger partial charge in [-0.25, -0.2) is 4.98 Å². The van der Waals surface area contributed by atoms with Crippen LogP contribution in [0.25, 0.3) is 5.52 Å². The lowest BCUT2D eigenvalue weighted by Gasteiger charge is -2.06. The van der Waals surface area contributed by atoms with E-state index in [1.165, 1.54) is 0 Å². The van der Waals surface area contributed by atoms with Crippen LogP contribution in [0.4, 0.5) is 0 Å². The van der Waals surface area contributed by atoms with E-state index in [-0.39, 0.29) is 5.91 Å². The van der Waals surface area contributed by atoms with Gasteiger partial charge in [0.25, 0.3) is 5.91 Å². The topological polar surface area (TPSA) is 55.6 Å². The molecule has 5 heteroatoms. The van der Waals surface area contributed by atoms with Crippen molar-refractivity contribution in [2.75, 3.05) is 14.2 Å². The number of amides is 1. The summed E-state index contributed by atoms with van der Waals surface area (Å²) >= 11 is 0. The summed E-state index contributed by atoms with van der Waals surface area (Å²) in [6, 6.07) is 5.60. The van der Waals surface area contributed by atoms with Gasteiger partial charge in [-0.05, 0) is 18.6 Å². The third kappa shape index (κ3) is 1.92. The minimum atomic E-state index is -0.178. The molecular weight excluding hydrogens is 230 g/mol. The molecule has 0 fully saturated rings. The monoisotopic (exact) mass is 247 g/mol. The summed E-state index contributed by atoms with van der Waals surface area (Å²) in [6.07, 6.45) is 1.77. The SMILES string of the molecule is CCCc1nc(C(=O)NC)c2cccc(OC)n12. The van der Waals surface area contributed by atoms with E-state index in [2.05, 4.69) is 17.2 Å². The molecular formula is C13H17N3O2. The largest absolute Gasteiger partial charge is 0.482 e. The smallest absolute Gasteiger partial charge is 0.271 e. The molecule has 2 heterocycles. The van der Waals surface area contributed by atoms with E-state index in [1.807, 2.05) is 22.6 Å². The van der Waals surface area contributed by atoms with Gasteiger partial charge in [-0.2, -0.15) is 0 Å². The zero-order valence-electron chi connectivity index (χ0n) is 10.9. The lowest BCUT2D eigenvalue weighted by Crippen LogP contribution is -2.18. The maximum absolute atomic E-state index is 11.8. The van der Waals surface area contributed by atoms with Crippen LogP contribution in [0.1, 0.15) is 29.7 Å². The standard InChI is InChI=1S/C13H17N3O2/c1-4-6-10-15-12(13(17)14-2)9-7-5-8-11(18-3)16(9)10/h5,7-8H,4,6H2,1-3H3,(H,14,17). The Morgan fingerprint density at radius 1 is 1.50 bits per heavy atom. The number of carbonyl (C=O) groups is 1. The number of rotatable bonds is 4. The van der Waals surface area contributed by atoms with Crippen LogP contribution in [0.5, 0.6) is 5.88 Å². The van der Waals surface area contributed by atoms with Crippen molar-refractivity contribution in [1.82, 2.24) is 14.7 Å². The van der Waals surface area contributed by atoms with Crippen molar-refractivity contribution in [3.05, 3.63) is 29.7 Å². The van der Waals surface area contributed by atoms with Crippen LogP contribution in [0, 0.1) is 0 Å². The van der Waals surface area contributed by atoms with Gasteiger partial charge in [-0.1, -0.05) is 13.0 Å². The molecule has 18 heavy (non-hydrogen) atoms. The number of pyridine rings is 1. The summed E-state index contributed by atoms with van der Waals surface area (Å²) < 4.78 is 7.23. The van der Waals surface area contributed by atoms with Gasteiger partial charge in [0, 0.05) is 13.5 Å². The molecule has 2 rings (SSSR count). The Morgan fingerprint density at radius 3 is 2.89 bits per heavy atom. The highest BCUT2D eigenvalue weighted by Crippen LogP contribution is 2.21. The minimum absolute atomic E-state index is 0.178. The Labute approximate surface area is 106 Å². The van der Waals surface area contributed by atoms with E-state index in [4.69, 9.17) is 4.74 Å². The molecule has 1 N–H and O–H groups in total. The number of imidazole rings is 1. The predicted octanol–water partition coefficient (Wildman–Crippen LogP) is 1.66. The third-order valence-corrected chi connectivity index (χ3v) is 2.82. The number of carbonyl (C=O) groups excluding carboxylic acids is 1. The van der Waals surface area contributed by atoms with E-state index in [1.54, 1.807) is 14.2 Å². The normalized spacial score (nSPS) is 10.6. The number of hydrogen-bond donors (Lipinski definition) is 1. The van der Waals surface area contributed by atoms with Crippen LogP contribution in [-0.2, 0) is 6.42 Å². The van der Waals surface area contributed by atoms with Crippen molar-refractivity contribution in [2.45, 2.75) is 19.8 Å². The zero-order valence-corrected chi connectivity index (χ0v) is 10.9. The molecule has 0 aliphatic carbocycles. The van der Waals surface area contributed by atoms with Crippen molar-refractivity contribution < 1.29 is 9.53 Å². The summed E-state index contributed by atoms with van der Waals surface area (Å²) in [6.45, 7) is 2.08. The van der Waals surface area contributed by atoms with Crippen LogP contribution in [0.2, 0.25) is 0 Å². The summed E-state index contributed by atoms with van der Waals surface area (Å²) in [4.78, 5) is 16.2. The Hall–Kier alpha value is -2.04. The molecule has 0 atom stereocenters. The zero-order chi connectivity index (χ0) is 13.1. The Bertz CT molecular complexity index is 575. The molecule has 0 aliphatic heterocycles. The number of aromatic nitrogens is 2. The van der Waals surface area contributed by atoms with Crippen molar-refractivity contribution in [1.29, 1.82) is 0 Å². The van der Waals surface area contributed by atoms with E-state index < -0.39 is 0 Å². The van der Waals surface area contributed by atoms with E-state index >= 15 is 0 Å². The summed E-state index contributed by atoms with van der Waals surface area (Å²) in [7, 11) is 3.22. The molecule has 0 aromatic carbocycles. The fourth-order valence-corrected chi connectivity index (χ4v) is 2.01. The molecule has 0 bridgehead atoms. The first kappa shape index (κ1) is 12.4. The molecule has 0 radical (unpaired) electrons. The average molecular weight is 247 g/mol. The fraction of sp³-hybridized carbons (Fsp3) is 0.385. The third-order valence-electron chi connectivity index (χ3n) is 2.82. The van der Waals surface area contributed by atoms with Gasteiger partial charge in [0.2, 0.25) is 0 Å². The number of nitrogens with one attached hydrogen (secondary N) is 1. The second kappa shape index (κ2) is 5.08. The first-order valence-corrected chi connectivity index (χ1v) is 5.99. The number of aryl methyl sites for hydroxylation is 1. The van der Waals surface area contributed by atoms with E-state index in [0.29, 0.717) is 11.6 Å². The quantitative estimate of drug-likeness (QED) is 0.893. The van der Waals surface area contributed by atoms with Gasteiger partial charge in [0.1, 0.15) is 5.82 Å². The molecule has 0 spiro atoms. The molecule has 96 valence electrons. The van der Waals surface area contributed by atoms with Gasteiger partial charge < -0.3 is 10.1 Å². The first-order chi connectivity index (χ1) is 8.72. The first-order valence-electron chi connectivity index (χ1n) is 5.99. The van der Waals surface area contributed by atoms with Crippen molar-refractivity contribution in [3.63, 3.8) is 0 Å². The van der Waals surface area contributed by atoms with E-state index in [0.717, 1.165) is 24.2 Å². The Kier molecular flexibility index (Phi) is 3.50. The maximum Gasteiger partial charge on any atom is 0.271 e. The van der Waals surface area contributed by atoms with Crippen LogP contribution in [-0.4, -0.2) is 29.4 Å².